The third kappa shape index (κ3) is 4.51. The normalized spacial score (nSPS) is 21.6. The van der Waals surface area contributed by atoms with Crippen molar-refractivity contribution in [3.8, 4) is 0 Å². The number of hydrogen-bond donors (Lipinski definition) is 0. The van der Waals surface area contributed by atoms with Gasteiger partial charge in [-0.15, -0.1) is 0 Å². The van der Waals surface area contributed by atoms with Crippen LogP contribution in [0.15, 0.2) is 24.4 Å². The Labute approximate surface area is 191 Å². The van der Waals surface area contributed by atoms with E-state index in [9.17, 15) is 4.79 Å². The van der Waals surface area contributed by atoms with E-state index in [0.29, 0.717) is 5.91 Å². The van der Waals surface area contributed by atoms with E-state index in [1.54, 1.807) is 0 Å². The predicted octanol–water partition coefficient (Wildman–Crippen LogP) is 3.14. The van der Waals surface area contributed by atoms with Crippen LogP contribution in [0, 0.1) is 19.8 Å². The highest BCUT2D eigenvalue weighted by atomic mass is 16.2. The Morgan fingerprint density at radius 1 is 1.03 bits per heavy atom. The van der Waals surface area contributed by atoms with Gasteiger partial charge in [0.05, 0.1) is 0 Å². The van der Waals surface area contributed by atoms with Gasteiger partial charge in [0.15, 0.2) is 0 Å². The first kappa shape index (κ1) is 21.4. The molecule has 0 saturated carbocycles. The Kier molecular flexibility index (Phi) is 6.13. The summed E-state index contributed by atoms with van der Waals surface area (Å²) < 4.78 is 0. The van der Waals surface area contributed by atoms with Crippen LogP contribution in [-0.2, 0) is 24.2 Å². The number of hydrogen-bond acceptors (Lipinski definition) is 5. The molecule has 1 unspecified atom stereocenters. The molecule has 170 valence electrons. The number of benzene rings is 1. The molecule has 1 aromatic carbocycles. The van der Waals surface area contributed by atoms with E-state index >= 15 is 0 Å². The summed E-state index contributed by atoms with van der Waals surface area (Å²) in [6, 6.07) is 6.74. The van der Waals surface area contributed by atoms with Crippen molar-refractivity contribution in [1.29, 1.82) is 0 Å². The largest absolute Gasteiger partial charge is 0.341 e. The highest BCUT2D eigenvalue weighted by Crippen LogP contribution is 2.28. The molecule has 3 heterocycles. The molecule has 3 aliphatic rings. The van der Waals surface area contributed by atoms with Crippen LogP contribution in [0.2, 0.25) is 0 Å². The molecule has 0 radical (unpaired) electrons. The number of piperazine rings is 1. The van der Waals surface area contributed by atoms with Gasteiger partial charge in [0, 0.05) is 63.6 Å². The predicted molar refractivity (Wildman–Crippen MR) is 127 cm³/mol. The fourth-order valence-electron chi connectivity index (χ4n) is 5.32. The van der Waals surface area contributed by atoms with Crippen LogP contribution >= 0.6 is 0 Å². The van der Waals surface area contributed by atoms with E-state index in [1.165, 1.54) is 35.1 Å². The maximum Gasteiger partial charge on any atom is 0.226 e. The lowest BCUT2D eigenvalue weighted by molar-refractivity contribution is -0.137. The maximum atomic E-state index is 13.2. The Bertz CT molecular complexity index is 976. The quantitative estimate of drug-likeness (QED) is 0.742. The summed E-state index contributed by atoms with van der Waals surface area (Å²) in [6.45, 7) is 11.0. The number of aromatic nitrogens is 2. The Morgan fingerprint density at radius 2 is 1.81 bits per heavy atom. The Balaban J connectivity index is 1.15. The zero-order valence-corrected chi connectivity index (χ0v) is 19.5. The minimum Gasteiger partial charge on any atom is -0.341 e. The molecule has 1 aromatic heterocycles. The number of carbonyl (C=O) groups excluding carboxylic acids is 1. The maximum absolute atomic E-state index is 13.2. The molecule has 2 aromatic rings. The number of rotatable bonds is 4. The number of nitrogens with zero attached hydrogens (tertiary/aromatic N) is 5. The molecule has 0 bridgehead atoms. The number of fused-ring (bicyclic) bond motifs is 1. The van der Waals surface area contributed by atoms with E-state index in [1.807, 2.05) is 6.20 Å². The zero-order chi connectivity index (χ0) is 22.1. The van der Waals surface area contributed by atoms with Crippen LogP contribution < -0.4 is 4.90 Å². The summed E-state index contributed by atoms with van der Waals surface area (Å²) in [7, 11) is 0. The van der Waals surface area contributed by atoms with Gasteiger partial charge in [-0.2, -0.15) is 0 Å². The first-order chi connectivity index (χ1) is 15.6. The lowest BCUT2D eigenvalue weighted by Gasteiger charge is -2.37. The minimum absolute atomic E-state index is 0.0787. The second kappa shape index (κ2) is 9.18. The van der Waals surface area contributed by atoms with Gasteiger partial charge >= 0.3 is 0 Å². The molecule has 5 rings (SSSR count). The first-order valence-corrected chi connectivity index (χ1v) is 12.2. The summed E-state index contributed by atoms with van der Waals surface area (Å²) in [6.07, 6.45) is 7.03. The molecule has 6 nitrogen and oxygen atoms in total. The molecule has 1 atom stereocenters. The van der Waals surface area contributed by atoms with Gasteiger partial charge in [-0.05, 0) is 68.2 Å². The molecule has 6 heteroatoms. The van der Waals surface area contributed by atoms with Crippen molar-refractivity contribution in [1.82, 2.24) is 19.8 Å². The number of aryl methyl sites for hydroxylation is 3. The van der Waals surface area contributed by atoms with Crippen molar-refractivity contribution in [2.75, 3.05) is 44.2 Å². The lowest BCUT2D eigenvalue weighted by atomic mass is 9.86. The summed E-state index contributed by atoms with van der Waals surface area (Å²) in [5.41, 5.74) is 6.39. The van der Waals surface area contributed by atoms with Crippen molar-refractivity contribution in [3.05, 3.63) is 52.3 Å². The molecule has 1 aliphatic carbocycles. The highest BCUT2D eigenvalue weighted by molar-refractivity contribution is 5.79. The summed E-state index contributed by atoms with van der Waals surface area (Å²) in [4.78, 5) is 29.6. The average Bonchev–Trinajstić information content (AvgIpc) is 3.36. The Hall–Kier alpha value is -2.47. The summed E-state index contributed by atoms with van der Waals surface area (Å²) in [5, 5.41) is 0. The van der Waals surface area contributed by atoms with Gasteiger partial charge in [0.1, 0.15) is 0 Å². The lowest BCUT2D eigenvalue weighted by Crippen LogP contribution is -2.50. The van der Waals surface area contributed by atoms with E-state index in [2.05, 4.69) is 51.7 Å². The molecule has 32 heavy (non-hydrogen) atoms. The second-order valence-electron chi connectivity index (χ2n) is 9.80. The highest BCUT2D eigenvalue weighted by Gasteiger charge is 2.31. The zero-order valence-electron chi connectivity index (χ0n) is 19.5. The van der Waals surface area contributed by atoms with Crippen LogP contribution in [0.1, 0.15) is 47.2 Å². The van der Waals surface area contributed by atoms with Crippen LogP contribution in [-0.4, -0.2) is 64.9 Å². The smallest absolute Gasteiger partial charge is 0.226 e. The van der Waals surface area contributed by atoms with Crippen molar-refractivity contribution < 1.29 is 4.79 Å². The molecule has 2 saturated heterocycles. The van der Waals surface area contributed by atoms with Crippen LogP contribution in [0.5, 0.6) is 0 Å². The molecular formula is C26H35N5O. The second-order valence-corrected chi connectivity index (χ2v) is 9.80. The van der Waals surface area contributed by atoms with Crippen molar-refractivity contribution in [2.45, 2.75) is 52.5 Å². The molecule has 2 fully saturated rings. The first-order valence-electron chi connectivity index (χ1n) is 12.2. The fraction of sp³-hybridized carbons (Fsp3) is 0.577. The van der Waals surface area contributed by atoms with Gasteiger partial charge in [-0.3, -0.25) is 9.69 Å². The van der Waals surface area contributed by atoms with Gasteiger partial charge in [0.25, 0.3) is 0 Å². The van der Waals surface area contributed by atoms with E-state index in [4.69, 9.17) is 4.98 Å². The summed E-state index contributed by atoms with van der Waals surface area (Å²) in [5.74, 6) is 1.28. The molecule has 0 spiro atoms. The molecule has 0 N–H and O–H groups in total. The van der Waals surface area contributed by atoms with Gasteiger partial charge in [-0.1, -0.05) is 18.2 Å². The average molecular weight is 434 g/mol. The van der Waals surface area contributed by atoms with E-state index in [-0.39, 0.29) is 5.92 Å². The minimum atomic E-state index is 0.0787. The molecular weight excluding hydrogens is 398 g/mol. The molecule has 2 aliphatic heterocycles. The van der Waals surface area contributed by atoms with Crippen molar-refractivity contribution in [2.24, 2.45) is 5.92 Å². The van der Waals surface area contributed by atoms with Crippen LogP contribution in [0.3, 0.4) is 0 Å². The van der Waals surface area contributed by atoms with Crippen molar-refractivity contribution in [3.63, 3.8) is 0 Å². The standard InChI is InChI=1S/C26H35N5O/c1-19-5-6-21(15-20(19)2)18-29-11-13-30(14-12-29)25(32)22-7-8-24-23(16-22)17-27-26(28-24)31-9-3-4-10-31/h5-6,15,17,22H,3-4,7-14,16,18H2,1-2H3. The van der Waals surface area contributed by atoms with E-state index < -0.39 is 0 Å². The SMILES string of the molecule is Cc1ccc(CN2CCN(C(=O)C3CCc4nc(N5CCCC5)ncc4C3)CC2)cc1C. The van der Waals surface area contributed by atoms with Crippen molar-refractivity contribution >= 4 is 11.9 Å². The fourth-order valence-corrected chi connectivity index (χ4v) is 5.32. The topological polar surface area (TPSA) is 52.6 Å². The van der Waals surface area contributed by atoms with Gasteiger partial charge in [-0.25, -0.2) is 9.97 Å². The van der Waals surface area contributed by atoms with Gasteiger partial charge < -0.3 is 9.80 Å². The van der Waals surface area contributed by atoms with Crippen LogP contribution in [0.25, 0.3) is 0 Å². The third-order valence-electron chi connectivity index (χ3n) is 7.54. The monoisotopic (exact) mass is 433 g/mol. The number of amides is 1. The molecule has 1 amide bonds. The third-order valence-corrected chi connectivity index (χ3v) is 7.54. The van der Waals surface area contributed by atoms with E-state index in [0.717, 1.165) is 76.7 Å². The van der Waals surface area contributed by atoms with Crippen LogP contribution in [0.4, 0.5) is 5.95 Å². The van der Waals surface area contributed by atoms with Gasteiger partial charge in [0.2, 0.25) is 11.9 Å². The Morgan fingerprint density at radius 3 is 2.56 bits per heavy atom. The summed E-state index contributed by atoms with van der Waals surface area (Å²) >= 11 is 0. The number of anilines is 1. The number of carbonyl (C=O) groups is 1.